The fraction of sp³-hybridized carbons (Fsp3) is 0.500. The van der Waals surface area contributed by atoms with Gasteiger partial charge in [-0.3, -0.25) is 24.5 Å². The number of hydrogen-bond donors (Lipinski definition) is 2. The van der Waals surface area contributed by atoms with Crippen LogP contribution in [0.25, 0.3) is 10.2 Å². The second kappa shape index (κ2) is 7.71. The number of imide groups is 1. The monoisotopic (exact) mass is 442 g/mol. The Morgan fingerprint density at radius 3 is 2.74 bits per heavy atom. The predicted molar refractivity (Wildman–Crippen MR) is 118 cm³/mol. The van der Waals surface area contributed by atoms with Crippen molar-refractivity contribution in [2.75, 3.05) is 18.4 Å². The summed E-state index contributed by atoms with van der Waals surface area (Å²) in [6.07, 6.45) is 1.74. The Morgan fingerprint density at radius 1 is 1.26 bits per heavy atom. The number of rotatable bonds is 3. The number of amides is 4. The molecule has 2 aromatic rings. The lowest BCUT2D eigenvalue weighted by atomic mass is 9.79. The summed E-state index contributed by atoms with van der Waals surface area (Å²) in [6, 6.07) is 5.28. The topological polar surface area (TPSA) is 108 Å². The van der Waals surface area contributed by atoms with Gasteiger partial charge in [0, 0.05) is 31.5 Å². The quantitative estimate of drug-likeness (QED) is 0.711. The van der Waals surface area contributed by atoms with E-state index in [1.54, 1.807) is 23.1 Å². The predicted octanol–water partition coefficient (Wildman–Crippen LogP) is 2.94. The maximum Gasteiger partial charge on any atom is 0.253 e. The van der Waals surface area contributed by atoms with E-state index in [1.165, 1.54) is 11.3 Å². The van der Waals surface area contributed by atoms with E-state index >= 15 is 0 Å². The zero-order valence-electron chi connectivity index (χ0n) is 17.9. The lowest BCUT2D eigenvalue weighted by Crippen LogP contribution is -2.50. The van der Waals surface area contributed by atoms with Gasteiger partial charge in [0.05, 0.1) is 15.6 Å². The minimum atomic E-state index is -0.664. The van der Waals surface area contributed by atoms with Gasteiger partial charge >= 0.3 is 0 Å². The van der Waals surface area contributed by atoms with Crippen molar-refractivity contribution >= 4 is 50.3 Å². The fourth-order valence-corrected chi connectivity index (χ4v) is 5.08. The number of nitrogens with one attached hydrogen (secondary N) is 2. The Hall–Kier alpha value is -2.81. The van der Waals surface area contributed by atoms with Gasteiger partial charge < -0.3 is 10.2 Å². The molecule has 2 saturated heterocycles. The molecule has 1 atom stereocenters. The molecule has 8 nitrogen and oxygen atoms in total. The van der Waals surface area contributed by atoms with Crippen molar-refractivity contribution in [3.63, 3.8) is 0 Å². The number of hydrogen-bond acceptors (Lipinski definition) is 6. The maximum atomic E-state index is 13.1. The third kappa shape index (κ3) is 4.46. The van der Waals surface area contributed by atoms with Gasteiger partial charge in [-0.15, -0.1) is 0 Å². The van der Waals surface area contributed by atoms with Gasteiger partial charge in [0.25, 0.3) is 5.91 Å². The number of likely N-dealkylation sites (tertiary alicyclic amines) is 1. The molecule has 1 spiro atoms. The van der Waals surface area contributed by atoms with Crippen molar-refractivity contribution in [3.05, 3.63) is 23.8 Å². The van der Waals surface area contributed by atoms with Crippen LogP contribution in [0.2, 0.25) is 0 Å². The van der Waals surface area contributed by atoms with Crippen LogP contribution in [0.5, 0.6) is 0 Å². The number of fused-ring (bicyclic) bond motifs is 1. The lowest BCUT2D eigenvalue weighted by molar-refractivity contribution is -0.141. The third-order valence-electron chi connectivity index (χ3n) is 5.78. The van der Waals surface area contributed by atoms with Crippen molar-refractivity contribution in [3.8, 4) is 0 Å². The molecule has 0 bridgehead atoms. The number of carbonyl (C=O) groups excluding carboxylic acids is 4. The molecule has 31 heavy (non-hydrogen) atoms. The molecule has 0 saturated carbocycles. The summed E-state index contributed by atoms with van der Waals surface area (Å²) in [5, 5.41) is 5.76. The molecule has 0 aliphatic carbocycles. The van der Waals surface area contributed by atoms with E-state index in [4.69, 9.17) is 0 Å². The molecule has 164 valence electrons. The Kier molecular flexibility index (Phi) is 5.33. The van der Waals surface area contributed by atoms with Crippen LogP contribution in [0.15, 0.2) is 18.2 Å². The first-order valence-electron chi connectivity index (χ1n) is 10.4. The molecule has 4 amide bonds. The molecule has 2 aliphatic rings. The molecule has 2 fully saturated rings. The summed E-state index contributed by atoms with van der Waals surface area (Å²) >= 11 is 1.33. The van der Waals surface area contributed by atoms with E-state index in [-0.39, 0.29) is 29.0 Å². The molecule has 1 aromatic heterocycles. The van der Waals surface area contributed by atoms with Crippen LogP contribution in [0.4, 0.5) is 5.13 Å². The summed E-state index contributed by atoms with van der Waals surface area (Å²) in [5.74, 6) is -0.751. The number of nitrogens with zero attached hydrogens (tertiary/aromatic N) is 2. The van der Waals surface area contributed by atoms with Crippen LogP contribution in [0.3, 0.4) is 0 Å². The van der Waals surface area contributed by atoms with Gasteiger partial charge in [-0.25, -0.2) is 4.98 Å². The van der Waals surface area contributed by atoms with Crippen molar-refractivity contribution in [1.29, 1.82) is 0 Å². The second-order valence-electron chi connectivity index (χ2n) is 9.62. The van der Waals surface area contributed by atoms with Gasteiger partial charge in [-0.1, -0.05) is 32.1 Å². The number of thiazole rings is 1. The average Bonchev–Trinajstić information content (AvgIpc) is 3.27. The molecular weight excluding hydrogens is 416 g/mol. The van der Waals surface area contributed by atoms with Crippen molar-refractivity contribution < 1.29 is 19.2 Å². The molecule has 4 rings (SSSR count). The molecule has 9 heteroatoms. The van der Waals surface area contributed by atoms with Crippen molar-refractivity contribution in [2.24, 2.45) is 10.8 Å². The third-order valence-corrected chi connectivity index (χ3v) is 6.71. The van der Waals surface area contributed by atoms with Crippen LogP contribution in [-0.2, 0) is 14.4 Å². The van der Waals surface area contributed by atoms with E-state index in [0.29, 0.717) is 49.5 Å². The van der Waals surface area contributed by atoms with Gasteiger partial charge in [0.15, 0.2) is 5.13 Å². The minimum Gasteiger partial charge on any atom is -0.338 e. The average molecular weight is 443 g/mol. The van der Waals surface area contributed by atoms with Gasteiger partial charge in [0.2, 0.25) is 17.7 Å². The van der Waals surface area contributed by atoms with Crippen LogP contribution < -0.4 is 10.6 Å². The Morgan fingerprint density at radius 2 is 2.03 bits per heavy atom. The largest absolute Gasteiger partial charge is 0.338 e. The SMILES string of the molecule is CC(C)(C)CC(=O)Nc1nc2ccc(C(=O)N3CCC4(CCC(=O)NC4=O)C3)cc2s1. The Bertz CT molecular complexity index is 1090. The summed E-state index contributed by atoms with van der Waals surface area (Å²) in [7, 11) is 0. The van der Waals surface area contributed by atoms with Crippen molar-refractivity contribution in [2.45, 2.75) is 46.5 Å². The Balaban J connectivity index is 1.47. The standard InChI is InChI=1S/C22H26N4O4S/c1-21(2,3)11-17(28)25-20-23-14-5-4-13(10-15(14)31-20)18(29)26-9-8-22(12-26)7-6-16(27)24-19(22)30/h4-5,10H,6-9,11-12H2,1-3H3,(H,23,25,28)(H,24,27,30). The minimum absolute atomic E-state index is 0.0885. The van der Waals surface area contributed by atoms with E-state index in [1.807, 2.05) is 20.8 Å². The summed E-state index contributed by atoms with van der Waals surface area (Å²) in [5.41, 5.74) is 0.460. The first-order chi connectivity index (χ1) is 14.5. The molecule has 0 radical (unpaired) electrons. The highest BCUT2D eigenvalue weighted by molar-refractivity contribution is 7.22. The molecule has 3 heterocycles. The lowest BCUT2D eigenvalue weighted by Gasteiger charge is -2.31. The number of anilines is 1. The van der Waals surface area contributed by atoms with Gasteiger partial charge in [-0.05, 0) is 36.5 Å². The number of carbonyl (C=O) groups is 4. The molecule has 1 aromatic carbocycles. The highest BCUT2D eigenvalue weighted by Crippen LogP contribution is 2.38. The Labute approximate surface area is 184 Å². The molecule has 2 aliphatic heterocycles. The van der Waals surface area contributed by atoms with E-state index in [9.17, 15) is 19.2 Å². The summed E-state index contributed by atoms with van der Waals surface area (Å²) < 4.78 is 0.812. The van der Waals surface area contributed by atoms with Crippen LogP contribution in [-0.4, -0.2) is 46.6 Å². The first-order valence-corrected chi connectivity index (χ1v) is 11.2. The molecule has 1 unspecified atom stereocenters. The zero-order chi connectivity index (χ0) is 22.4. The van der Waals surface area contributed by atoms with Crippen LogP contribution in [0.1, 0.15) is 56.8 Å². The molecule has 2 N–H and O–H groups in total. The zero-order valence-corrected chi connectivity index (χ0v) is 18.7. The smallest absolute Gasteiger partial charge is 0.253 e. The van der Waals surface area contributed by atoms with Crippen molar-refractivity contribution in [1.82, 2.24) is 15.2 Å². The van der Waals surface area contributed by atoms with Crippen LogP contribution >= 0.6 is 11.3 Å². The van der Waals surface area contributed by atoms with E-state index < -0.39 is 5.41 Å². The highest BCUT2D eigenvalue weighted by atomic mass is 32.1. The normalized spacial score (nSPS) is 21.6. The number of piperidine rings is 1. The number of benzene rings is 1. The highest BCUT2D eigenvalue weighted by Gasteiger charge is 2.48. The summed E-state index contributed by atoms with van der Waals surface area (Å²) in [4.78, 5) is 55.2. The maximum absolute atomic E-state index is 13.1. The second-order valence-corrected chi connectivity index (χ2v) is 10.7. The van der Waals surface area contributed by atoms with Gasteiger partial charge in [0.1, 0.15) is 0 Å². The first kappa shape index (κ1) is 21.4. The fourth-order valence-electron chi connectivity index (χ4n) is 4.16. The van der Waals surface area contributed by atoms with Gasteiger partial charge in [-0.2, -0.15) is 0 Å². The van der Waals surface area contributed by atoms with Crippen LogP contribution in [0, 0.1) is 10.8 Å². The molecular formula is C22H26N4O4S. The van der Waals surface area contributed by atoms with E-state index in [2.05, 4.69) is 15.6 Å². The van der Waals surface area contributed by atoms with E-state index in [0.717, 1.165) is 10.2 Å². The number of aromatic nitrogens is 1. The summed E-state index contributed by atoms with van der Waals surface area (Å²) in [6.45, 7) is 6.80.